The highest BCUT2D eigenvalue weighted by molar-refractivity contribution is 5.66. The normalized spacial score (nSPS) is 11.7. The van der Waals surface area contributed by atoms with Crippen molar-refractivity contribution in [2.24, 2.45) is 0 Å². The van der Waals surface area contributed by atoms with Crippen LogP contribution < -0.4 is 5.32 Å². The lowest BCUT2D eigenvalue weighted by Gasteiger charge is -2.05. The molecule has 1 aromatic rings. The molecule has 0 amide bonds. The number of nitrogens with one attached hydrogen (secondary N) is 1. The topological polar surface area (TPSA) is 80.0 Å². The van der Waals surface area contributed by atoms with Gasteiger partial charge in [-0.2, -0.15) is 13.2 Å². The van der Waals surface area contributed by atoms with Crippen LogP contribution >= 0.6 is 0 Å². The number of carbonyl (C=O) groups is 1. The van der Waals surface area contributed by atoms with Crippen molar-refractivity contribution in [3.63, 3.8) is 0 Å². The smallest absolute Gasteiger partial charge is 0.389 e. The van der Waals surface area contributed by atoms with Gasteiger partial charge in [0.2, 0.25) is 0 Å². The molecule has 0 unspecified atom stereocenters. The van der Waals surface area contributed by atoms with Gasteiger partial charge < -0.3 is 10.4 Å². The number of alkyl halides is 3. The number of aromatic nitrogens is 3. The van der Waals surface area contributed by atoms with Crippen LogP contribution in [-0.2, 0) is 17.9 Å². The van der Waals surface area contributed by atoms with E-state index in [0.717, 1.165) is 4.68 Å². The van der Waals surface area contributed by atoms with Gasteiger partial charge in [-0.1, -0.05) is 5.21 Å². The fourth-order valence-corrected chi connectivity index (χ4v) is 1.27. The minimum absolute atomic E-state index is 0.00718. The Morgan fingerprint density at radius 2 is 2.22 bits per heavy atom. The van der Waals surface area contributed by atoms with Crippen LogP contribution in [0.15, 0.2) is 6.20 Å². The molecule has 0 aliphatic heterocycles. The Kier molecular flexibility index (Phi) is 5.08. The van der Waals surface area contributed by atoms with Gasteiger partial charge in [-0.25, -0.2) is 4.68 Å². The second-order valence-electron chi connectivity index (χ2n) is 3.70. The maximum atomic E-state index is 11.8. The van der Waals surface area contributed by atoms with Crippen LogP contribution in [0.4, 0.5) is 13.2 Å². The van der Waals surface area contributed by atoms with Crippen LogP contribution in [-0.4, -0.2) is 38.8 Å². The minimum atomic E-state index is -4.13. The van der Waals surface area contributed by atoms with E-state index in [2.05, 4.69) is 15.6 Å². The summed E-state index contributed by atoms with van der Waals surface area (Å²) in [7, 11) is 0. The standard InChI is InChI=1S/C9H13F3N4O2/c10-9(11,12)2-1-3-13-4-7-5-16(15-14-7)6-8(17)18/h5,13H,1-4,6H2,(H,17,18). The second kappa shape index (κ2) is 6.34. The zero-order chi connectivity index (χ0) is 13.6. The van der Waals surface area contributed by atoms with E-state index in [1.54, 1.807) is 0 Å². The first-order valence-corrected chi connectivity index (χ1v) is 5.25. The number of halogens is 3. The molecule has 0 aromatic carbocycles. The lowest BCUT2D eigenvalue weighted by molar-refractivity contribution is -0.138. The highest BCUT2D eigenvalue weighted by Gasteiger charge is 2.25. The summed E-state index contributed by atoms with van der Waals surface area (Å²) in [6.07, 6.45) is -3.53. The summed E-state index contributed by atoms with van der Waals surface area (Å²) in [5, 5.41) is 18.5. The molecular formula is C9H13F3N4O2. The minimum Gasteiger partial charge on any atom is -0.480 e. The van der Waals surface area contributed by atoms with Crippen LogP contribution in [0.25, 0.3) is 0 Å². The molecule has 0 aliphatic rings. The number of hydrogen-bond donors (Lipinski definition) is 2. The third-order valence-corrected chi connectivity index (χ3v) is 2.00. The zero-order valence-corrected chi connectivity index (χ0v) is 9.44. The summed E-state index contributed by atoms with van der Waals surface area (Å²) < 4.78 is 36.6. The van der Waals surface area contributed by atoms with E-state index in [0.29, 0.717) is 5.69 Å². The zero-order valence-electron chi connectivity index (χ0n) is 9.44. The quantitative estimate of drug-likeness (QED) is 0.713. The van der Waals surface area contributed by atoms with Crippen LogP contribution in [0.2, 0.25) is 0 Å². The first-order valence-electron chi connectivity index (χ1n) is 5.25. The lowest BCUT2D eigenvalue weighted by Crippen LogP contribution is -2.18. The number of rotatable bonds is 7. The van der Waals surface area contributed by atoms with Crippen molar-refractivity contribution < 1.29 is 23.1 Å². The maximum Gasteiger partial charge on any atom is 0.389 e. The number of aliphatic carboxylic acids is 1. The first kappa shape index (κ1) is 14.4. The van der Waals surface area contributed by atoms with Gasteiger partial charge in [0.05, 0.1) is 11.9 Å². The lowest BCUT2D eigenvalue weighted by atomic mass is 10.3. The summed E-state index contributed by atoms with van der Waals surface area (Å²) in [6, 6.07) is 0. The van der Waals surface area contributed by atoms with E-state index in [1.807, 2.05) is 0 Å². The highest BCUT2D eigenvalue weighted by atomic mass is 19.4. The molecule has 1 heterocycles. The van der Waals surface area contributed by atoms with Crippen molar-refractivity contribution >= 4 is 5.97 Å². The molecule has 0 aliphatic carbocycles. The van der Waals surface area contributed by atoms with Crippen LogP contribution in [0.3, 0.4) is 0 Å². The summed E-state index contributed by atoms with van der Waals surface area (Å²) >= 11 is 0. The SMILES string of the molecule is O=C(O)Cn1cc(CNCCCC(F)(F)F)nn1. The summed E-state index contributed by atoms with van der Waals surface area (Å²) in [5.41, 5.74) is 0.489. The van der Waals surface area contributed by atoms with E-state index in [1.165, 1.54) is 6.20 Å². The van der Waals surface area contributed by atoms with Crippen molar-refractivity contribution in [2.45, 2.75) is 32.1 Å². The molecule has 0 saturated carbocycles. The predicted octanol–water partition coefficient (Wildman–Crippen LogP) is 0.795. The van der Waals surface area contributed by atoms with E-state index < -0.39 is 18.6 Å². The fourth-order valence-electron chi connectivity index (χ4n) is 1.27. The Hall–Kier alpha value is -1.64. The van der Waals surface area contributed by atoms with E-state index in [9.17, 15) is 18.0 Å². The molecule has 0 atom stereocenters. The Balaban J connectivity index is 2.19. The van der Waals surface area contributed by atoms with Crippen molar-refractivity contribution in [1.29, 1.82) is 0 Å². The molecule has 6 nitrogen and oxygen atoms in total. The third kappa shape index (κ3) is 6.18. The first-order chi connectivity index (χ1) is 8.37. The molecule has 0 spiro atoms. The van der Waals surface area contributed by atoms with Crippen LogP contribution in [0.1, 0.15) is 18.5 Å². The maximum absolute atomic E-state index is 11.8. The molecule has 0 fully saturated rings. The average molecular weight is 266 g/mol. The van der Waals surface area contributed by atoms with Gasteiger partial charge >= 0.3 is 12.1 Å². The van der Waals surface area contributed by atoms with Gasteiger partial charge in [-0.15, -0.1) is 5.10 Å². The summed E-state index contributed by atoms with van der Waals surface area (Å²) in [4.78, 5) is 10.4. The van der Waals surface area contributed by atoms with Gasteiger partial charge in [-0.05, 0) is 13.0 Å². The average Bonchev–Trinajstić information content (AvgIpc) is 2.62. The predicted molar refractivity (Wildman–Crippen MR) is 54.7 cm³/mol. The molecule has 0 bridgehead atoms. The van der Waals surface area contributed by atoms with Crippen LogP contribution in [0, 0.1) is 0 Å². The monoisotopic (exact) mass is 266 g/mol. The van der Waals surface area contributed by atoms with Crippen molar-refractivity contribution in [2.75, 3.05) is 6.54 Å². The molecule has 1 rings (SSSR count). The Labute approximate surface area is 101 Å². The molecule has 1 aromatic heterocycles. The number of hydrogen-bond acceptors (Lipinski definition) is 4. The van der Waals surface area contributed by atoms with Crippen molar-refractivity contribution in [3.05, 3.63) is 11.9 Å². The van der Waals surface area contributed by atoms with Gasteiger partial charge in [0, 0.05) is 13.0 Å². The Morgan fingerprint density at radius 1 is 1.50 bits per heavy atom. The number of carboxylic acids is 1. The van der Waals surface area contributed by atoms with Crippen molar-refractivity contribution in [1.82, 2.24) is 20.3 Å². The van der Waals surface area contributed by atoms with E-state index in [-0.39, 0.29) is 26.1 Å². The highest BCUT2D eigenvalue weighted by Crippen LogP contribution is 2.20. The Bertz CT molecular complexity index is 391. The fraction of sp³-hybridized carbons (Fsp3) is 0.667. The Morgan fingerprint density at radius 3 is 2.83 bits per heavy atom. The number of nitrogens with zero attached hydrogens (tertiary/aromatic N) is 3. The van der Waals surface area contributed by atoms with Crippen molar-refractivity contribution in [3.8, 4) is 0 Å². The van der Waals surface area contributed by atoms with Gasteiger partial charge in [0.15, 0.2) is 0 Å². The van der Waals surface area contributed by atoms with Crippen LogP contribution in [0.5, 0.6) is 0 Å². The molecule has 0 radical (unpaired) electrons. The molecule has 102 valence electrons. The molecule has 2 N–H and O–H groups in total. The third-order valence-electron chi connectivity index (χ3n) is 2.00. The van der Waals surface area contributed by atoms with E-state index in [4.69, 9.17) is 5.11 Å². The molecule has 9 heteroatoms. The number of carboxylic acid groups (broad SMARTS) is 1. The van der Waals surface area contributed by atoms with Gasteiger partial charge in [-0.3, -0.25) is 4.79 Å². The summed E-state index contributed by atoms with van der Waals surface area (Å²) in [6.45, 7) is 0.184. The molecular weight excluding hydrogens is 253 g/mol. The molecule has 18 heavy (non-hydrogen) atoms. The summed E-state index contributed by atoms with van der Waals surface area (Å²) in [5.74, 6) is -1.04. The molecule has 0 saturated heterocycles. The largest absolute Gasteiger partial charge is 0.480 e. The van der Waals surface area contributed by atoms with Gasteiger partial charge in [0.25, 0.3) is 0 Å². The van der Waals surface area contributed by atoms with Gasteiger partial charge in [0.1, 0.15) is 6.54 Å². The van der Waals surface area contributed by atoms with E-state index >= 15 is 0 Å². The second-order valence-corrected chi connectivity index (χ2v) is 3.70.